The Morgan fingerprint density at radius 2 is 1.41 bits per heavy atom. The van der Waals surface area contributed by atoms with Crippen molar-refractivity contribution < 1.29 is 20.5 Å². The number of aliphatic hydroxyl groups is 2. The SMILES string of the molecule is O=[N+]([O-])c1ccc([C@H](O)C[NH2+]C[C@H](O)c2ccccc2)cc1. The van der Waals surface area contributed by atoms with Crippen LogP contribution < -0.4 is 5.32 Å². The quantitative estimate of drug-likeness (QED) is 0.523. The summed E-state index contributed by atoms with van der Waals surface area (Å²) < 4.78 is 0. The molecular formula is C16H19N2O4+. The Hall–Kier alpha value is -2.28. The van der Waals surface area contributed by atoms with Crippen LogP contribution in [0.25, 0.3) is 0 Å². The van der Waals surface area contributed by atoms with E-state index in [9.17, 15) is 20.3 Å². The lowest BCUT2D eigenvalue weighted by atomic mass is 10.1. The van der Waals surface area contributed by atoms with Gasteiger partial charge >= 0.3 is 0 Å². The summed E-state index contributed by atoms with van der Waals surface area (Å²) in [5, 5.41) is 32.5. The van der Waals surface area contributed by atoms with Crippen LogP contribution in [-0.2, 0) is 0 Å². The van der Waals surface area contributed by atoms with Gasteiger partial charge in [-0.25, -0.2) is 0 Å². The largest absolute Gasteiger partial charge is 0.382 e. The molecule has 0 saturated carbocycles. The lowest BCUT2D eigenvalue weighted by molar-refractivity contribution is -0.668. The number of nitro benzene ring substituents is 1. The van der Waals surface area contributed by atoms with Crippen LogP contribution in [0.5, 0.6) is 0 Å². The van der Waals surface area contributed by atoms with Gasteiger partial charge < -0.3 is 15.5 Å². The maximum atomic E-state index is 10.6. The molecule has 116 valence electrons. The van der Waals surface area contributed by atoms with E-state index in [1.807, 2.05) is 35.6 Å². The Balaban J connectivity index is 1.82. The highest BCUT2D eigenvalue weighted by Crippen LogP contribution is 2.16. The summed E-state index contributed by atoms with van der Waals surface area (Å²) in [6.07, 6.45) is -1.32. The smallest absolute Gasteiger partial charge is 0.269 e. The molecule has 0 unspecified atom stereocenters. The predicted molar refractivity (Wildman–Crippen MR) is 81.1 cm³/mol. The molecule has 4 N–H and O–H groups in total. The molecule has 0 saturated heterocycles. The molecule has 0 aliphatic rings. The van der Waals surface area contributed by atoms with Gasteiger partial charge in [0.1, 0.15) is 25.3 Å². The summed E-state index contributed by atoms with van der Waals surface area (Å²) >= 11 is 0. The van der Waals surface area contributed by atoms with Gasteiger partial charge in [-0.2, -0.15) is 0 Å². The molecule has 2 rings (SSSR count). The van der Waals surface area contributed by atoms with Crippen molar-refractivity contribution in [1.29, 1.82) is 0 Å². The zero-order valence-electron chi connectivity index (χ0n) is 12.0. The van der Waals surface area contributed by atoms with Gasteiger partial charge in [-0.05, 0) is 23.3 Å². The minimum Gasteiger partial charge on any atom is -0.382 e. The monoisotopic (exact) mass is 303 g/mol. The van der Waals surface area contributed by atoms with Gasteiger partial charge in [0.25, 0.3) is 5.69 Å². The Bertz CT molecular complexity index is 601. The number of non-ortho nitro benzene ring substituents is 1. The molecule has 0 radical (unpaired) electrons. The third-order valence-corrected chi connectivity index (χ3v) is 3.45. The number of nitrogens with zero attached hydrogens (tertiary/aromatic N) is 1. The van der Waals surface area contributed by atoms with Crippen molar-refractivity contribution in [3.8, 4) is 0 Å². The predicted octanol–water partition coefficient (Wildman–Crippen LogP) is 0.925. The van der Waals surface area contributed by atoms with Crippen LogP contribution in [0.2, 0.25) is 0 Å². The number of quaternary nitrogens is 1. The molecular weight excluding hydrogens is 284 g/mol. The van der Waals surface area contributed by atoms with Gasteiger partial charge in [-0.1, -0.05) is 30.3 Å². The number of hydrogen-bond donors (Lipinski definition) is 3. The van der Waals surface area contributed by atoms with E-state index in [2.05, 4.69) is 0 Å². The zero-order chi connectivity index (χ0) is 15.9. The first kappa shape index (κ1) is 16.1. The first-order valence-corrected chi connectivity index (χ1v) is 7.05. The Labute approximate surface area is 128 Å². The highest BCUT2D eigenvalue weighted by Gasteiger charge is 2.14. The van der Waals surface area contributed by atoms with Crippen LogP contribution in [0.1, 0.15) is 23.3 Å². The summed E-state index contributed by atoms with van der Waals surface area (Å²) in [7, 11) is 0. The van der Waals surface area contributed by atoms with Crippen LogP contribution in [0.4, 0.5) is 5.69 Å². The second-order valence-electron chi connectivity index (χ2n) is 5.05. The molecule has 22 heavy (non-hydrogen) atoms. The molecule has 0 fully saturated rings. The number of benzene rings is 2. The molecule has 0 aliphatic carbocycles. The summed E-state index contributed by atoms with van der Waals surface area (Å²) in [6.45, 7) is 0.815. The fourth-order valence-electron chi connectivity index (χ4n) is 2.18. The Kier molecular flexibility index (Phi) is 5.60. The lowest BCUT2D eigenvalue weighted by Crippen LogP contribution is -2.86. The van der Waals surface area contributed by atoms with Crippen molar-refractivity contribution in [2.45, 2.75) is 12.2 Å². The van der Waals surface area contributed by atoms with E-state index >= 15 is 0 Å². The minimum absolute atomic E-state index is 0.000528. The maximum absolute atomic E-state index is 10.6. The van der Waals surface area contributed by atoms with Crippen LogP contribution in [-0.4, -0.2) is 28.2 Å². The van der Waals surface area contributed by atoms with Crippen molar-refractivity contribution >= 4 is 5.69 Å². The first-order valence-electron chi connectivity index (χ1n) is 7.05. The highest BCUT2D eigenvalue weighted by atomic mass is 16.6. The number of aliphatic hydroxyl groups excluding tert-OH is 2. The third kappa shape index (κ3) is 4.36. The Morgan fingerprint density at radius 1 is 0.909 bits per heavy atom. The van der Waals surface area contributed by atoms with Crippen LogP contribution >= 0.6 is 0 Å². The first-order chi connectivity index (χ1) is 10.6. The fourth-order valence-corrected chi connectivity index (χ4v) is 2.18. The second kappa shape index (κ2) is 7.65. The average Bonchev–Trinajstić information content (AvgIpc) is 2.55. The standard InChI is InChI=1S/C16H18N2O4/c19-15(12-4-2-1-3-5-12)10-17-11-16(20)13-6-8-14(9-7-13)18(21)22/h1-9,15-17,19-20H,10-11H2/p+1/t15-,16+/m0/s1. The molecule has 6 heteroatoms. The number of hydrogen-bond acceptors (Lipinski definition) is 4. The zero-order valence-corrected chi connectivity index (χ0v) is 12.0. The van der Waals surface area contributed by atoms with Crippen molar-refractivity contribution in [3.63, 3.8) is 0 Å². The normalized spacial score (nSPS) is 13.5. The molecule has 2 aromatic carbocycles. The van der Waals surface area contributed by atoms with Gasteiger partial charge in [0.15, 0.2) is 0 Å². The summed E-state index contributed by atoms with van der Waals surface area (Å²) in [5.74, 6) is 0. The van der Waals surface area contributed by atoms with E-state index in [0.29, 0.717) is 18.7 Å². The maximum Gasteiger partial charge on any atom is 0.269 e. The average molecular weight is 303 g/mol. The van der Waals surface area contributed by atoms with E-state index in [-0.39, 0.29) is 5.69 Å². The van der Waals surface area contributed by atoms with E-state index in [4.69, 9.17) is 0 Å². The molecule has 0 aromatic heterocycles. The van der Waals surface area contributed by atoms with Gasteiger partial charge in [-0.15, -0.1) is 0 Å². The number of rotatable bonds is 7. The molecule has 2 atom stereocenters. The van der Waals surface area contributed by atoms with Gasteiger partial charge in [0.05, 0.1) is 4.92 Å². The van der Waals surface area contributed by atoms with E-state index in [1.54, 1.807) is 12.1 Å². The highest BCUT2D eigenvalue weighted by molar-refractivity contribution is 5.33. The third-order valence-electron chi connectivity index (χ3n) is 3.45. The summed E-state index contributed by atoms with van der Waals surface area (Å²) in [5.41, 5.74) is 1.46. The van der Waals surface area contributed by atoms with Gasteiger partial charge in [-0.3, -0.25) is 10.1 Å². The second-order valence-corrected chi connectivity index (χ2v) is 5.05. The molecule has 0 amide bonds. The lowest BCUT2D eigenvalue weighted by Gasteiger charge is -2.13. The van der Waals surface area contributed by atoms with Crippen molar-refractivity contribution in [2.75, 3.05) is 13.1 Å². The Morgan fingerprint density at radius 3 is 1.91 bits per heavy atom. The van der Waals surface area contributed by atoms with Crippen LogP contribution in [0.15, 0.2) is 54.6 Å². The molecule has 0 spiro atoms. The summed E-state index contributed by atoms with van der Waals surface area (Å²) in [6, 6.07) is 15.2. The van der Waals surface area contributed by atoms with Crippen molar-refractivity contribution in [1.82, 2.24) is 0 Å². The van der Waals surface area contributed by atoms with Crippen LogP contribution in [0.3, 0.4) is 0 Å². The van der Waals surface area contributed by atoms with Crippen molar-refractivity contribution in [2.24, 2.45) is 0 Å². The number of nitro groups is 1. The minimum atomic E-state index is -0.733. The fraction of sp³-hybridized carbons (Fsp3) is 0.250. The van der Waals surface area contributed by atoms with Gasteiger partial charge in [0, 0.05) is 12.1 Å². The molecule has 6 nitrogen and oxygen atoms in total. The van der Waals surface area contributed by atoms with E-state index in [0.717, 1.165) is 5.56 Å². The van der Waals surface area contributed by atoms with Crippen LogP contribution in [0, 0.1) is 10.1 Å². The molecule has 2 aromatic rings. The van der Waals surface area contributed by atoms with E-state index in [1.165, 1.54) is 12.1 Å². The number of nitrogens with two attached hydrogens (primary N) is 1. The molecule has 0 bridgehead atoms. The van der Waals surface area contributed by atoms with Gasteiger partial charge in [0.2, 0.25) is 0 Å². The topological polar surface area (TPSA) is 100 Å². The van der Waals surface area contributed by atoms with Crippen molar-refractivity contribution in [3.05, 3.63) is 75.8 Å². The van der Waals surface area contributed by atoms with E-state index < -0.39 is 17.1 Å². The molecule has 0 heterocycles. The molecule has 0 aliphatic heterocycles. The summed E-state index contributed by atoms with van der Waals surface area (Å²) in [4.78, 5) is 10.1.